The van der Waals surface area contributed by atoms with Gasteiger partial charge >= 0.3 is 0 Å². The minimum Gasteiger partial charge on any atom is -0.464 e. The molecule has 0 fully saturated rings. The summed E-state index contributed by atoms with van der Waals surface area (Å²) in [6.07, 6.45) is 3.90. The molecule has 4 rings (SSSR count). The van der Waals surface area contributed by atoms with Crippen LogP contribution in [0.5, 0.6) is 0 Å². The third-order valence-corrected chi connectivity index (χ3v) is 4.81. The number of fused-ring (bicyclic) bond motifs is 1. The summed E-state index contributed by atoms with van der Waals surface area (Å²) in [5.74, 6) is 0. The smallest absolute Gasteiger partial charge is 0.134 e. The van der Waals surface area contributed by atoms with E-state index >= 15 is 0 Å². The first kappa shape index (κ1) is 15.0. The van der Waals surface area contributed by atoms with Crippen LogP contribution in [0, 0.1) is 6.92 Å². The van der Waals surface area contributed by atoms with E-state index in [9.17, 15) is 0 Å². The number of furan rings is 1. The summed E-state index contributed by atoms with van der Waals surface area (Å²) < 4.78 is 5.73. The summed E-state index contributed by atoms with van der Waals surface area (Å²) in [7, 11) is 0. The number of hydrogen-bond acceptors (Lipinski definition) is 4. The molecule has 0 atom stereocenters. The second-order valence-electron chi connectivity index (χ2n) is 5.65. The number of benzene rings is 2. The molecule has 0 unspecified atom stereocenters. The lowest BCUT2D eigenvalue weighted by Crippen LogP contribution is -1.89. The number of nitrogens with zero attached hydrogens (tertiary/aromatic N) is 2. The Morgan fingerprint density at radius 2 is 1.67 bits per heavy atom. The van der Waals surface area contributed by atoms with Crippen LogP contribution >= 0.6 is 11.8 Å². The largest absolute Gasteiger partial charge is 0.464 e. The van der Waals surface area contributed by atoms with Crippen molar-refractivity contribution >= 4 is 22.7 Å². The van der Waals surface area contributed by atoms with E-state index in [-0.39, 0.29) is 0 Å². The Morgan fingerprint density at radius 1 is 0.875 bits per heavy atom. The summed E-state index contributed by atoms with van der Waals surface area (Å²) in [6, 6.07) is 18.6. The Hall–Kier alpha value is -2.59. The third-order valence-electron chi connectivity index (χ3n) is 4.07. The Bertz CT molecular complexity index is 989. The van der Waals surface area contributed by atoms with Crippen molar-refractivity contribution in [3.63, 3.8) is 0 Å². The highest BCUT2D eigenvalue weighted by molar-refractivity contribution is 7.98. The lowest BCUT2D eigenvalue weighted by molar-refractivity contribution is 0.617. The van der Waals surface area contributed by atoms with Gasteiger partial charge in [-0.05, 0) is 61.2 Å². The van der Waals surface area contributed by atoms with Crippen molar-refractivity contribution in [1.82, 2.24) is 10.2 Å². The van der Waals surface area contributed by atoms with E-state index in [1.54, 1.807) is 11.8 Å². The van der Waals surface area contributed by atoms with Crippen LogP contribution in [0.2, 0.25) is 0 Å². The lowest BCUT2D eigenvalue weighted by atomic mass is 10.0. The molecular formula is C20H16N2OS. The summed E-state index contributed by atoms with van der Waals surface area (Å²) in [5.41, 5.74) is 5.95. The molecule has 4 heteroatoms. The first-order chi connectivity index (χ1) is 11.7. The van der Waals surface area contributed by atoms with Gasteiger partial charge < -0.3 is 4.42 Å². The predicted molar refractivity (Wildman–Crippen MR) is 99.2 cm³/mol. The fourth-order valence-electron chi connectivity index (χ4n) is 2.74. The normalized spacial score (nSPS) is 11.1. The van der Waals surface area contributed by atoms with Crippen LogP contribution in [-0.2, 0) is 0 Å². The SMILES string of the molecule is CSc1ccc(-c2coc3ccc(-c4ccc(C)nn4)cc23)cc1. The van der Waals surface area contributed by atoms with Crippen LogP contribution in [0.3, 0.4) is 0 Å². The molecule has 0 aliphatic heterocycles. The van der Waals surface area contributed by atoms with E-state index in [1.807, 2.05) is 37.5 Å². The summed E-state index contributed by atoms with van der Waals surface area (Å²) in [5, 5.41) is 9.52. The van der Waals surface area contributed by atoms with Crippen LogP contribution < -0.4 is 0 Å². The molecule has 0 N–H and O–H groups in total. The number of hydrogen-bond donors (Lipinski definition) is 0. The van der Waals surface area contributed by atoms with E-state index in [0.29, 0.717) is 0 Å². The van der Waals surface area contributed by atoms with Crippen molar-refractivity contribution < 1.29 is 4.42 Å². The van der Waals surface area contributed by atoms with Crippen molar-refractivity contribution in [1.29, 1.82) is 0 Å². The standard InChI is InChI=1S/C20H16N2OS/c1-13-3-9-19(22-21-13)15-6-10-20-17(11-15)18(12-23-20)14-4-7-16(24-2)8-5-14/h3-12H,1-2H3. The van der Waals surface area contributed by atoms with Gasteiger partial charge in [-0.2, -0.15) is 10.2 Å². The van der Waals surface area contributed by atoms with Gasteiger partial charge in [-0.25, -0.2) is 0 Å². The van der Waals surface area contributed by atoms with Gasteiger partial charge in [0.15, 0.2) is 0 Å². The predicted octanol–water partition coefficient (Wildman–Crippen LogP) is 5.59. The minimum absolute atomic E-state index is 0.868. The molecule has 2 aromatic carbocycles. The van der Waals surface area contributed by atoms with Crippen LogP contribution in [0.25, 0.3) is 33.4 Å². The van der Waals surface area contributed by atoms with E-state index in [4.69, 9.17) is 4.42 Å². The maximum Gasteiger partial charge on any atom is 0.134 e. The van der Waals surface area contributed by atoms with Crippen LogP contribution in [0.15, 0.2) is 70.2 Å². The molecule has 0 spiro atoms. The van der Waals surface area contributed by atoms with Crippen LogP contribution in [0.4, 0.5) is 0 Å². The number of aryl methyl sites for hydroxylation is 1. The molecule has 2 aromatic heterocycles. The molecule has 0 saturated heterocycles. The van der Waals surface area contributed by atoms with Crippen molar-refractivity contribution in [3.05, 3.63) is 66.6 Å². The zero-order valence-corrected chi connectivity index (χ0v) is 14.3. The highest BCUT2D eigenvalue weighted by Crippen LogP contribution is 2.34. The second kappa shape index (κ2) is 6.13. The monoisotopic (exact) mass is 332 g/mol. The molecule has 118 valence electrons. The summed E-state index contributed by atoms with van der Waals surface area (Å²) in [6.45, 7) is 1.94. The Morgan fingerprint density at radius 3 is 2.38 bits per heavy atom. The van der Waals surface area contributed by atoms with Crippen molar-refractivity contribution in [2.45, 2.75) is 11.8 Å². The average Bonchev–Trinajstić information content (AvgIpc) is 3.05. The van der Waals surface area contributed by atoms with Crippen LogP contribution in [0.1, 0.15) is 5.69 Å². The van der Waals surface area contributed by atoms with Crippen LogP contribution in [-0.4, -0.2) is 16.5 Å². The van der Waals surface area contributed by atoms with Crippen molar-refractivity contribution in [2.24, 2.45) is 0 Å². The molecule has 0 aliphatic carbocycles. The topological polar surface area (TPSA) is 38.9 Å². The minimum atomic E-state index is 0.868. The van der Waals surface area contributed by atoms with Gasteiger partial charge in [0.1, 0.15) is 5.58 Å². The maximum absolute atomic E-state index is 5.73. The Kier molecular flexibility index (Phi) is 3.82. The van der Waals surface area contributed by atoms with Gasteiger partial charge in [-0.1, -0.05) is 12.1 Å². The van der Waals surface area contributed by atoms with E-state index in [1.165, 1.54) is 4.90 Å². The Labute approximate surface area is 144 Å². The molecule has 24 heavy (non-hydrogen) atoms. The fraction of sp³-hybridized carbons (Fsp3) is 0.100. The molecule has 0 aliphatic rings. The van der Waals surface area contributed by atoms with Crippen molar-refractivity contribution in [3.8, 4) is 22.4 Å². The summed E-state index contributed by atoms with van der Waals surface area (Å²) in [4.78, 5) is 1.25. The molecular weight excluding hydrogens is 316 g/mol. The Balaban J connectivity index is 1.82. The molecule has 2 heterocycles. The zero-order valence-electron chi connectivity index (χ0n) is 13.5. The zero-order chi connectivity index (χ0) is 16.5. The molecule has 0 radical (unpaired) electrons. The van der Waals surface area contributed by atoms with Gasteiger partial charge in [-0.15, -0.1) is 11.8 Å². The highest BCUT2D eigenvalue weighted by Gasteiger charge is 2.10. The van der Waals surface area contributed by atoms with E-state index < -0.39 is 0 Å². The van der Waals surface area contributed by atoms with Gasteiger partial charge in [-0.3, -0.25) is 0 Å². The third kappa shape index (κ3) is 2.69. The average molecular weight is 332 g/mol. The molecule has 3 nitrogen and oxygen atoms in total. The summed E-state index contributed by atoms with van der Waals surface area (Å²) >= 11 is 1.74. The fourth-order valence-corrected chi connectivity index (χ4v) is 3.14. The first-order valence-corrected chi connectivity index (χ1v) is 8.93. The van der Waals surface area contributed by atoms with Gasteiger partial charge in [0.05, 0.1) is 17.7 Å². The lowest BCUT2D eigenvalue weighted by Gasteiger charge is -2.03. The van der Waals surface area contributed by atoms with Crippen molar-refractivity contribution in [2.75, 3.05) is 6.26 Å². The molecule has 4 aromatic rings. The molecule has 0 saturated carbocycles. The van der Waals surface area contributed by atoms with E-state index in [2.05, 4.69) is 46.8 Å². The van der Waals surface area contributed by atoms with E-state index in [0.717, 1.165) is 39.0 Å². The first-order valence-electron chi connectivity index (χ1n) is 7.71. The highest BCUT2D eigenvalue weighted by atomic mass is 32.2. The second-order valence-corrected chi connectivity index (χ2v) is 6.53. The quantitative estimate of drug-likeness (QED) is 0.459. The van der Waals surface area contributed by atoms with Gasteiger partial charge in [0.25, 0.3) is 0 Å². The van der Waals surface area contributed by atoms with Gasteiger partial charge in [0, 0.05) is 21.4 Å². The maximum atomic E-state index is 5.73. The number of rotatable bonds is 3. The van der Waals surface area contributed by atoms with Gasteiger partial charge in [0.2, 0.25) is 0 Å². The number of thioether (sulfide) groups is 1. The molecule has 0 bridgehead atoms. The molecule has 0 amide bonds. The number of aromatic nitrogens is 2.